The van der Waals surface area contributed by atoms with Crippen LogP contribution in [0.3, 0.4) is 0 Å². The molecule has 1 aromatic rings. The van der Waals surface area contributed by atoms with Crippen LogP contribution >= 0.6 is 27.3 Å². The SMILES string of the molecule is CC(C)[PH+](C(C)C)C(C)C.[Cl][Ru][Cl].[c-]1ccccc1. The Morgan fingerprint density at radius 2 is 1.11 bits per heavy atom. The minimum Gasteiger partial charge on any atom is -0.184 e. The molecule has 19 heavy (non-hydrogen) atoms. The fourth-order valence-corrected chi connectivity index (χ4v) is 6.34. The van der Waals surface area contributed by atoms with Gasteiger partial charge in [-0.25, -0.2) is 0 Å². The average molecular weight is 410 g/mol. The largest absolute Gasteiger partial charge is 0.184 e. The quantitative estimate of drug-likeness (QED) is 0.312. The summed E-state index contributed by atoms with van der Waals surface area (Å²) in [5.41, 5.74) is 2.81. The molecule has 0 N–H and O–H groups in total. The second-order valence-electron chi connectivity index (χ2n) is 5.09. The molecule has 0 saturated carbocycles. The van der Waals surface area contributed by atoms with Crippen LogP contribution in [0, 0.1) is 6.07 Å². The van der Waals surface area contributed by atoms with Crippen LogP contribution in [0.1, 0.15) is 41.5 Å². The summed E-state index contributed by atoms with van der Waals surface area (Å²) < 4.78 is 0. The summed E-state index contributed by atoms with van der Waals surface area (Å²) in [6.45, 7) is 14.2. The van der Waals surface area contributed by atoms with E-state index in [9.17, 15) is 0 Å². The molecular formula is C15H27Cl2PRu. The molecule has 0 nitrogen and oxygen atoms in total. The van der Waals surface area contributed by atoms with Gasteiger partial charge in [0.05, 0.1) is 17.0 Å². The monoisotopic (exact) mass is 410 g/mol. The van der Waals surface area contributed by atoms with Crippen molar-refractivity contribution >= 4 is 27.3 Å². The van der Waals surface area contributed by atoms with Crippen LogP contribution in [0.4, 0.5) is 0 Å². The first-order valence-corrected chi connectivity index (χ1v) is 12.7. The van der Waals surface area contributed by atoms with Gasteiger partial charge in [0.25, 0.3) is 0 Å². The van der Waals surface area contributed by atoms with Crippen molar-refractivity contribution in [3.63, 3.8) is 0 Å². The fraction of sp³-hybridized carbons (Fsp3) is 0.600. The third-order valence-electron chi connectivity index (χ3n) is 2.61. The van der Waals surface area contributed by atoms with Crippen LogP contribution in [0.2, 0.25) is 0 Å². The maximum absolute atomic E-state index is 4.85. The Bertz CT molecular complexity index is 220. The van der Waals surface area contributed by atoms with E-state index >= 15 is 0 Å². The van der Waals surface area contributed by atoms with Crippen LogP contribution in [0.15, 0.2) is 30.3 Å². The Labute approximate surface area is 137 Å². The summed E-state index contributed by atoms with van der Waals surface area (Å²) in [6, 6.07) is 12.5. The van der Waals surface area contributed by atoms with E-state index < -0.39 is 0 Å². The molecule has 0 aliphatic heterocycles. The minimum absolute atomic E-state index is 0.0957. The van der Waals surface area contributed by atoms with Crippen molar-refractivity contribution in [3.05, 3.63) is 36.4 Å². The Kier molecular flexibility index (Phi) is 17.8. The van der Waals surface area contributed by atoms with E-state index in [4.69, 9.17) is 19.4 Å². The number of benzene rings is 1. The van der Waals surface area contributed by atoms with Gasteiger partial charge in [-0.15, -0.1) is 0 Å². The molecule has 114 valence electrons. The van der Waals surface area contributed by atoms with E-state index in [1.807, 2.05) is 30.3 Å². The summed E-state index contributed by atoms with van der Waals surface area (Å²) in [6.07, 6.45) is 0. The molecule has 0 radical (unpaired) electrons. The average Bonchev–Trinajstić information content (AvgIpc) is 2.31. The van der Waals surface area contributed by atoms with Crippen molar-refractivity contribution in [3.8, 4) is 0 Å². The van der Waals surface area contributed by atoms with Crippen LogP contribution in [-0.4, -0.2) is 17.0 Å². The van der Waals surface area contributed by atoms with Gasteiger partial charge in [-0.2, -0.15) is 36.4 Å². The Balaban J connectivity index is 0. The standard InChI is InChI=1S/C9H21P.C6H5.2ClH.Ru/c1-7(2)10(8(3)4)9(5)6;1-2-4-6-5-3-1;;;/h7-9H,1-6H3;1-5H;2*1H;/q;-1;;;+2/p-1. The zero-order valence-corrected chi connectivity index (χ0v) is 17.0. The molecule has 0 saturated heterocycles. The van der Waals surface area contributed by atoms with E-state index in [1.165, 1.54) is 0 Å². The molecule has 0 fully saturated rings. The molecule has 0 amide bonds. The molecule has 0 heterocycles. The van der Waals surface area contributed by atoms with E-state index in [2.05, 4.69) is 47.6 Å². The molecule has 0 atom stereocenters. The van der Waals surface area contributed by atoms with Crippen molar-refractivity contribution in [1.82, 2.24) is 0 Å². The third-order valence-corrected chi connectivity index (χ3v) is 6.61. The molecule has 0 aliphatic carbocycles. The summed E-state index contributed by atoms with van der Waals surface area (Å²) in [7, 11) is 9.61. The van der Waals surface area contributed by atoms with Crippen molar-refractivity contribution in [2.24, 2.45) is 0 Å². The summed E-state index contributed by atoms with van der Waals surface area (Å²) in [5, 5.41) is 0. The number of hydrogen-bond acceptors (Lipinski definition) is 0. The smallest absolute Gasteiger partial charge is 0.171 e. The Hall–Kier alpha value is 0.853. The predicted molar refractivity (Wildman–Crippen MR) is 90.7 cm³/mol. The molecule has 0 aromatic heterocycles. The maximum Gasteiger partial charge on any atom is -0.171 e. The fourth-order valence-electron chi connectivity index (χ4n) is 2.34. The zero-order chi connectivity index (χ0) is 15.3. The van der Waals surface area contributed by atoms with Gasteiger partial charge in [0, 0.05) is 7.92 Å². The number of rotatable bonds is 3. The second kappa shape index (κ2) is 15.2. The minimum atomic E-state index is -0.346. The molecular weight excluding hydrogens is 383 g/mol. The first-order valence-electron chi connectivity index (χ1n) is 6.51. The van der Waals surface area contributed by atoms with Crippen LogP contribution < -0.4 is 0 Å². The van der Waals surface area contributed by atoms with Gasteiger partial charge in [0.1, 0.15) is 0 Å². The second-order valence-corrected chi connectivity index (χ2v) is 12.2. The van der Waals surface area contributed by atoms with Gasteiger partial charge < -0.3 is 0 Å². The molecule has 1 aromatic carbocycles. The molecule has 1 rings (SSSR count). The van der Waals surface area contributed by atoms with Gasteiger partial charge in [0.15, 0.2) is 0 Å². The van der Waals surface area contributed by atoms with E-state index in [1.54, 1.807) is 0 Å². The number of halogens is 2. The molecule has 0 spiro atoms. The third kappa shape index (κ3) is 15.1. The molecule has 0 unspecified atom stereocenters. The van der Waals surface area contributed by atoms with Crippen molar-refractivity contribution < 1.29 is 15.1 Å². The van der Waals surface area contributed by atoms with Crippen molar-refractivity contribution in [2.75, 3.05) is 0 Å². The summed E-state index contributed by atoms with van der Waals surface area (Å²) in [5.74, 6) is 0. The maximum atomic E-state index is 4.85. The summed E-state index contributed by atoms with van der Waals surface area (Å²) in [4.78, 5) is 0. The number of hydrogen-bond donors (Lipinski definition) is 0. The van der Waals surface area contributed by atoms with E-state index in [-0.39, 0.29) is 23.1 Å². The molecule has 4 heteroatoms. The van der Waals surface area contributed by atoms with Gasteiger partial charge in [-0.3, -0.25) is 0 Å². The van der Waals surface area contributed by atoms with E-state index in [0.29, 0.717) is 0 Å². The zero-order valence-electron chi connectivity index (χ0n) is 12.7. The van der Waals surface area contributed by atoms with Crippen molar-refractivity contribution in [2.45, 2.75) is 58.5 Å². The van der Waals surface area contributed by atoms with E-state index in [0.717, 1.165) is 17.0 Å². The summed E-state index contributed by atoms with van der Waals surface area (Å²) >= 11 is -0.346. The first-order chi connectivity index (χ1) is 8.88. The molecule has 0 aliphatic rings. The molecule has 0 bridgehead atoms. The normalized spacial score (nSPS) is 10.3. The van der Waals surface area contributed by atoms with Gasteiger partial charge in [-0.05, 0) is 41.5 Å². The van der Waals surface area contributed by atoms with Crippen LogP contribution in [0.5, 0.6) is 0 Å². The van der Waals surface area contributed by atoms with Crippen LogP contribution in [0.25, 0.3) is 0 Å². The van der Waals surface area contributed by atoms with Gasteiger partial charge in [0.2, 0.25) is 0 Å². The predicted octanol–water partition coefficient (Wildman–Crippen LogP) is 6.29. The Morgan fingerprint density at radius 1 is 0.789 bits per heavy atom. The topological polar surface area (TPSA) is 0 Å². The van der Waals surface area contributed by atoms with Crippen LogP contribution in [-0.2, 0) is 15.1 Å². The Morgan fingerprint density at radius 3 is 1.16 bits per heavy atom. The van der Waals surface area contributed by atoms with Crippen molar-refractivity contribution in [1.29, 1.82) is 0 Å². The first kappa shape index (κ1) is 22.1. The van der Waals surface area contributed by atoms with Gasteiger partial charge in [-0.1, -0.05) is 0 Å². The van der Waals surface area contributed by atoms with Gasteiger partial charge >= 0.3 is 34.5 Å².